The van der Waals surface area contributed by atoms with Crippen molar-refractivity contribution in [3.8, 4) is 0 Å². The second-order valence-electron chi connectivity index (χ2n) is 5.24. The molecule has 5 nitrogen and oxygen atoms in total. The van der Waals surface area contributed by atoms with Gasteiger partial charge in [0.05, 0.1) is 24.0 Å². The average Bonchev–Trinajstić information content (AvgIpc) is 2.85. The van der Waals surface area contributed by atoms with Gasteiger partial charge in [-0.25, -0.2) is 4.79 Å². The zero-order chi connectivity index (χ0) is 14.1. The molecule has 0 aromatic heterocycles. The molecule has 1 aliphatic heterocycles. The van der Waals surface area contributed by atoms with Gasteiger partial charge >= 0.3 is 17.9 Å². The van der Waals surface area contributed by atoms with E-state index in [0.29, 0.717) is 18.4 Å². The van der Waals surface area contributed by atoms with Crippen LogP contribution in [0.25, 0.3) is 0 Å². The maximum atomic E-state index is 11.8. The Kier molecular flexibility index (Phi) is 3.26. The molecule has 1 aromatic rings. The van der Waals surface area contributed by atoms with E-state index in [1.165, 1.54) is 0 Å². The van der Waals surface area contributed by atoms with Crippen molar-refractivity contribution in [2.45, 2.75) is 12.8 Å². The molecule has 1 saturated heterocycles. The van der Waals surface area contributed by atoms with Crippen LogP contribution in [0.2, 0.25) is 0 Å². The summed E-state index contributed by atoms with van der Waals surface area (Å²) in [6, 6.07) is 8.68. The predicted octanol–water partition coefficient (Wildman–Crippen LogP) is 1.57. The third-order valence-electron chi connectivity index (χ3n) is 3.97. The molecule has 3 rings (SSSR count). The molecule has 0 unspecified atom stereocenters. The zero-order valence-corrected chi connectivity index (χ0v) is 10.8. The van der Waals surface area contributed by atoms with E-state index < -0.39 is 17.9 Å². The predicted molar refractivity (Wildman–Crippen MR) is 67.5 cm³/mol. The van der Waals surface area contributed by atoms with Gasteiger partial charge in [0, 0.05) is 5.92 Å². The topological polar surface area (TPSA) is 69.7 Å². The van der Waals surface area contributed by atoms with Gasteiger partial charge in [-0.3, -0.25) is 9.59 Å². The third kappa shape index (κ3) is 2.31. The van der Waals surface area contributed by atoms with Gasteiger partial charge in [0.1, 0.15) is 0 Å². The van der Waals surface area contributed by atoms with Crippen LogP contribution in [0, 0.1) is 17.8 Å². The molecule has 5 heteroatoms. The van der Waals surface area contributed by atoms with Crippen molar-refractivity contribution in [3.63, 3.8) is 0 Å². The van der Waals surface area contributed by atoms with E-state index in [9.17, 15) is 14.4 Å². The van der Waals surface area contributed by atoms with E-state index in [4.69, 9.17) is 4.74 Å². The van der Waals surface area contributed by atoms with Gasteiger partial charge in [0.2, 0.25) is 0 Å². The molecule has 0 radical (unpaired) electrons. The van der Waals surface area contributed by atoms with Gasteiger partial charge in [0.15, 0.2) is 0 Å². The molecule has 104 valence electrons. The second kappa shape index (κ2) is 5.07. The van der Waals surface area contributed by atoms with Crippen molar-refractivity contribution in [3.05, 3.63) is 35.9 Å². The molecule has 20 heavy (non-hydrogen) atoms. The first kappa shape index (κ1) is 12.8. The number of fused-ring (bicyclic) bond motifs is 2. The van der Waals surface area contributed by atoms with Crippen LogP contribution in [0.4, 0.5) is 0 Å². The highest BCUT2D eigenvalue weighted by Gasteiger charge is 2.48. The van der Waals surface area contributed by atoms with Gasteiger partial charge in [0.25, 0.3) is 0 Å². The summed E-state index contributed by atoms with van der Waals surface area (Å²) >= 11 is 0. The van der Waals surface area contributed by atoms with E-state index in [1.54, 1.807) is 24.3 Å². The van der Waals surface area contributed by atoms with Gasteiger partial charge in [-0.15, -0.1) is 0 Å². The van der Waals surface area contributed by atoms with Gasteiger partial charge in [-0.05, 0) is 25.0 Å². The van der Waals surface area contributed by atoms with Crippen LogP contribution in [0.5, 0.6) is 0 Å². The van der Waals surface area contributed by atoms with Crippen molar-refractivity contribution >= 4 is 17.9 Å². The highest BCUT2D eigenvalue weighted by molar-refractivity contribution is 5.92. The normalized spacial score (nSPS) is 28.1. The fourth-order valence-electron chi connectivity index (χ4n) is 2.89. The molecule has 2 aliphatic rings. The van der Waals surface area contributed by atoms with Crippen LogP contribution in [0.3, 0.4) is 0 Å². The summed E-state index contributed by atoms with van der Waals surface area (Å²) in [5.41, 5.74) is 0.479. The highest BCUT2D eigenvalue weighted by Crippen LogP contribution is 2.41. The molecule has 3 atom stereocenters. The van der Waals surface area contributed by atoms with Crippen molar-refractivity contribution < 1.29 is 23.9 Å². The number of benzene rings is 1. The number of esters is 3. The van der Waals surface area contributed by atoms with Crippen LogP contribution in [-0.2, 0) is 19.1 Å². The molecule has 2 fully saturated rings. The van der Waals surface area contributed by atoms with Crippen LogP contribution < -0.4 is 0 Å². The van der Waals surface area contributed by atoms with E-state index in [1.807, 2.05) is 6.07 Å². The Bertz CT molecular complexity index is 551. The smallest absolute Gasteiger partial charge is 0.338 e. The Morgan fingerprint density at radius 3 is 2.65 bits per heavy atom. The van der Waals surface area contributed by atoms with Gasteiger partial charge in [-0.1, -0.05) is 18.2 Å². The first-order valence-corrected chi connectivity index (χ1v) is 6.63. The molecule has 0 N–H and O–H groups in total. The molecule has 2 bridgehead atoms. The lowest BCUT2D eigenvalue weighted by atomic mass is 9.97. The summed E-state index contributed by atoms with van der Waals surface area (Å²) in [5.74, 6) is -2.00. The third-order valence-corrected chi connectivity index (χ3v) is 3.97. The number of cyclic esters (lactones) is 2. The maximum Gasteiger partial charge on any atom is 0.338 e. The molecule has 1 heterocycles. The lowest BCUT2D eigenvalue weighted by molar-refractivity contribution is -0.169. The Labute approximate surface area is 115 Å². The van der Waals surface area contributed by atoms with Gasteiger partial charge < -0.3 is 9.47 Å². The molecule has 0 amide bonds. The lowest BCUT2D eigenvalue weighted by Crippen LogP contribution is -2.30. The standard InChI is InChI=1S/C15H14O5/c16-13(9-4-2-1-3-5-9)19-8-11-6-10-7-12(11)15(18)20-14(10)17/h1-5,10-12H,6-8H2/t10-,11+,12-/m1/s1. The number of rotatable bonds is 3. The average molecular weight is 274 g/mol. The Hall–Kier alpha value is -2.17. The quantitative estimate of drug-likeness (QED) is 0.618. The van der Waals surface area contributed by atoms with Gasteiger partial charge in [-0.2, -0.15) is 0 Å². The van der Waals surface area contributed by atoms with E-state index >= 15 is 0 Å². The fraction of sp³-hybridized carbons (Fsp3) is 0.400. The minimum absolute atomic E-state index is 0.119. The minimum Gasteiger partial charge on any atom is -0.462 e. The van der Waals surface area contributed by atoms with Crippen LogP contribution in [0.15, 0.2) is 30.3 Å². The number of carbonyl (C=O) groups is 3. The Balaban J connectivity index is 1.61. The summed E-state index contributed by atoms with van der Waals surface area (Å²) in [6.45, 7) is 0.150. The SMILES string of the molecule is O=C(OC[C@@H]1C[C@@H]2C[C@H]1C(=O)OC2=O)c1ccccc1. The molecule has 1 aromatic carbocycles. The molecule has 0 spiro atoms. The monoisotopic (exact) mass is 274 g/mol. The summed E-state index contributed by atoms with van der Waals surface area (Å²) in [4.78, 5) is 34.9. The molecular formula is C15H14O5. The highest BCUT2D eigenvalue weighted by atomic mass is 16.6. The summed E-state index contributed by atoms with van der Waals surface area (Å²) in [7, 11) is 0. The zero-order valence-electron chi connectivity index (χ0n) is 10.8. The lowest BCUT2D eigenvalue weighted by Gasteiger charge is -2.18. The summed E-state index contributed by atoms with van der Waals surface area (Å²) < 4.78 is 9.92. The summed E-state index contributed by atoms with van der Waals surface area (Å²) in [5, 5.41) is 0. The second-order valence-corrected chi connectivity index (χ2v) is 5.24. The van der Waals surface area contributed by atoms with Crippen molar-refractivity contribution in [2.24, 2.45) is 17.8 Å². The van der Waals surface area contributed by atoms with Crippen molar-refractivity contribution in [1.82, 2.24) is 0 Å². The Morgan fingerprint density at radius 1 is 1.15 bits per heavy atom. The summed E-state index contributed by atoms with van der Waals surface area (Å²) in [6.07, 6.45) is 1.07. The van der Waals surface area contributed by atoms with E-state index in [0.717, 1.165) is 0 Å². The molecule has 1 saturated carbocycles. The van der Waals surface area contributed by atoms with Crippen LogP contribution in [0.1, 0.15) is 23.2 Å². The van der Waals surface area contributed by atoms with Crippen molar-refractivity contribution in [1.29, 1.82) is 0 Å². The number of carbonyl (C=O) groups excluding carboxylic acids is 3. The van der Waals surface area contributed by atoms with Crippen LogP contribution >= 0.6 is 0 Å². The Morgan fingerprint density at radius 2 is 1.90 bits per heavy atom. The molecular weight excluding hydrogens is 260 g/mol. The number of hydrogen-bond donors (Lipinski definition) is 0. The maximum absolute atomic E-state index is 11.8. The van der Waals surface area contributed by atoms with Crippen LogP contribution in [-0.4, -0.2) is 24.5 Å². The number of hydrogen-bond acceptors (Lipinski definition) is 5. The first-order chi connectivity index (χ1) is 9.65. The fourth-order valence-corrected chi connectivity index (χ4v) is 2.89. The van der Waals surface area contributed by atoms with E-state index in [-0.39, 0.29) is 24.4 Å². The largest absolute Gasteiger partial charge is 0.462 e. The number of ether oxygens (including phenoxy) is 2. The molecule has 1 aliphatic carbocycles. The first-order valence-electron chi connectivity index (χ1n) is 6.63. The minimum atomic E-state index is -0.482. The van der Waals surface area contributed by atoms with E-state index in [2.05, 4.69) is 4.74 Å². The van der Waals surface area contributed by atoms with Crippen molar-refractivity contribution in [2.75, 3.05) is 6.61 Å².